The van der Waals surface area contributed by atoms with E-state index < -0.39 is 0 Å². The molecule has 0 unspecified atom stereocenters. The fourth-order valence-corrected chi connectivity index (χ4v) is 3.75. The van der Waals surface area contributed by atoms with Crippen LogP contribution in [0, 0.1) is 0 Å². The number of nitrogens with zero attached hydrogens (tertiary/aromatic N) is 1. The highest BCUT2D eigenvalue weighted by Crippen LogP contribution is 2.23. The number of halogens is 2. The Bertz CT molecular complexity index is 729. The molecule has 2 aromatic carbocycles. The van der Waals surface area contributed by atoms with E-state index in [0.717, 1.165) is 29.8 Å². The van der Waals surface area contributed by atoms with Crippen molar-refractivity contribution in [3.8, 4) is 0 Å². The minimum Gasteiger partial charge on any atom is -0.322 e. The SMILES string of the molecule is O=C(Nc1cccc(CN2CCCCC2)c1)c1ccc(Br)cc1Cl. The van der Waals surface area contributed by atoms with E-state index in [1.807, 2.05) is 24.3 Å². The quantitative estimate of drug-likeness (QED) is 0.742. The number of carbonyl (C=O) groups is 1. The molecule has 0 bridgehead atoms. The molecule has 1 amide bonds. The first-order valence-corrected chi connectivity index (χ1v) is 9.36. The zero-order valence-corrected chi connectivity index (χ0v) is 15.7. The van der Waals surface area contributed by atoms with E-state index in [1.165, 1.54) is 24.8 Å². The fourth-order valence-electron chi connectivity index (χ4n) is 3.00. The summed E-state index contributed by atoms with van der Waals surface area (Å²) in [6.07, 6.45) is 3.89. The summed E-state index contributed by atoms with van der Waals surface area (Å²) >= 11 is 9.50. The molecule has 1 heterocycles. The lowest BCUT2D eigenvalue weighted by Gasteiger charge is -2.26. The molecular weight excluding hydrogens is 388 g/mol. The molecule has 1 fully saturated rings. The van der Waals surface area contributed by atoms with Crippen molar-refractivity contribution in [2.45, 2.75) is 25.8 Å². The van der Waals surface area contributed by atoms with Gasteiger partial charge in [0.15, 0.2) is 0 Å². The van der Waals surface area contributed by atoms with Crippen LogP contribution in [0.3, 0.4) is 0 Å². The van der Waals surface area contributed by atoms with Gasteiger partial charge >= 0.3 is 0 Å². The van der Waals surface area contributed by atoms with Crippen LogP contribution in [0.4, 0.5) is 5.69 Å². The summed E-state index contributed by atoms with van der Waals surface area (Å²) in [6, 6.07) is 13.3. The van der Waals surface area contributed by atoms with Gasteiger partial charge < -0.3 is 5.32 Å². The van der Waals surface area contributed by atoms with E-state index in [0.29, 0.717) is 10.6 Å². The number of amides is 1. The lowest BCUT2D eigenvalue weighted by atomic mass is 10.1. The second-order valence-corrected chi connectivity index (χ2v) is 7.44. The lowest BCUT2D eigenvalue weighted by Crippen LogP contribution is -2.29. The van der Waals surface area contributed by atoms with Gasteiger partial charge in [-0.15, -0.1) is 0 Å². The van der Waals surface area contributed by atoms with Crippen molar-refractivity contribution in [1.82, 2.24) is 4.90 Å². The Morgan fingerprint density at radius 3 is 2.67 bits per heavy atom. The second-order valence-electron chi connectivity index (χ2n) is 6.12. The van der Waals surface area contributed by atoms with Gasteiger partial charge in [-0.1, -0.05) is 46.1 Å². The molecule has 0 atom stereocenters. The average Bonchev–Trinajstić information content (AvgIpc) is 2.56. The average molecular weight is 408 g/mol. The van der Waals surface area contributed by atoms with Gasteiger partial charge in [-0.3, -0.25) is 9.69 Å². The van der Waals surface area contributed by atoms with Crippen LogP contribution in [0.25, 0.3) is 0 Å². The maximum absolute atomic E-state index is 12.4. The Hall–Kier alpha value is -1.36. The molecule has 3 nitrogen and oxygen atoms in total. The third kappa shape index (κ3) is 4.59. The van der Waals surface area contributed by atoms with Gasteiger partial charge in [-0.05, 0) is 61.8 Å². The minimum atomic E-state index is -0.192. The highest BCUT2D eigenvalue weighted by molar-refractivity contribution is 9.10. The van der Waals surface area contributed by atoms with Gasteiger partial charge in [0.1, 0.15) is 0 Å². The van der Waals surface area contributed by atoms with Gasteiger partial charge in [0.25, 0.3) is 5.91 Å². The minimum absolute atomic E-state index is 0.192. The van der Waals surface area contributed by atoms with Crippen LogP contribution >= 0.6 is 27.5 Å². The molecule has 24 heavy (non-hydrogen) atoms. The van der Waals surface area contributed by atoms with Crippen molar-refractivity contribution in [2.75, 3.05) is 18.4 Å². The standard InChI is InChI=1S/C19H20BrClN2O/c20-15-7-8-17(18(21)12-15)19(24)22-16-6-4-5-14(11-16)13-23-9-2-1-3-10-23/h4-8,11-12H,1-3,9-10,13H2,(H,22,24). The molecule has 1 saturated heterocycles. The Labute approximate surface area is 156 Å². The van der Waals surface area contributed by atoms with Gasteiger partial charge in [-0.25, -0.2) is 0 Å². The van der Waals surface area contributed by atoms with Crippen molar-refractivity contribution in [1.29, 1.82) is 0 Å². The summed E-state index contributed by atoms with van der Waals surface area (Å²) in [5, 5.41) is 3.38. The lowest BCUT2D eigenvalue weighted by molar-refractivity contribution is 0.102. The normalized spacial score (nSPS) is 15.2. The predicted molar refractivity (Wildman–Crippen MR) is 103 cm³/mol. The fraction of sp³-hybridized carbons (Fsp3) is 0.316. The Balaban J connectivity index is 1.68. The number of benzene rings is 2. The van der Waals surface area contributed by atoms with E-state index in [2.05, 4.69) is 32.2 Å². The summed E-state index contributed by atoms with van der Waals surface area (Å²) in [4.78, 5) is 14.9. The predicted octanol–water partition coefficient (Wildman–Crippen LogP) is 5.34. The molecule has 1 N–H and O–H groups in total. The van der Waals surface area contributed by atoms with E-state index in [4.69, 9.17) is 11.6 Å². The molecular formula is C19H20BrClN2O. The molecule has 0 saturated carbocycles. The first kappa shape index (κ1) is 17.5. The Morgan fingerprint density at radius 2 is 1.92 bits per heavy atom. The molecule has 0 aromatic heterocycles. The van der Waals surface area contributed by atoms with Crippen molar-refractivity contribution in [3.63, 3.8) is 0 Å². The third-order valence-corrected chi connectivity index (χ3v) is 5.02. The van der Waals surface area contributed by atoms with Crippen LogP contribution in [0.15, 0.2) is 46.9 Å². The molecule has 5 heteroatoms. The molecule has 1 aliphatic rings. The maximum Gasteiger partial charge on any atom is 0.257 e. The number of likely N-dealkylation sites (tertiary alicyclic amines) is 1. The highest BCUT2D eigenvalue weighted by Gasteiger charge is 2.13. The van der Waals surface area contributed by atoms with Crippen molar-refractivity contribution in [3.05, 3.63) is 63.1 Å². The Kier molecular flexibility index (Phi) is 5.93. The summed E-state index contributed by atoms with van der Waals surface area (Å²) < 4.78 is 0.854. The number of carbonyl (C=O) groups excluding carboxylic acids is 1. The van der Waals surface area contributed by atoms with Crippen LogP contribution in [0.1, 0.15) is 35.2 Å². The second kappa shape index (κ2) is 8.15. The van der Waals surface area contributed by atoms with Crippen molar-refractivity contribution < 1.29 is 4.79 Å². The maximum atomic E-state index is 12.4. The van der Waals surface area contributed by atoms with Crippen molar-refractivity contribution in [2.24, 2.45) is 0 Å². The number of anilines is 1. The van der Waals surface area contributed by atoms with Crippen LogP contribution in [0.5, 0.6) is 0 Å². The number of nitrogens with one attached hydrogen (secondary N) is 1. The summed E-state index contributed by atoms with van der Waals surface area (Å²) in [7, 11) is 0. The van der Waals surface area contributed by atoms with Crippen LogP contribution in [0.2, 0.25) is 5.02 Å². The number of hydrogen-bond donors (Lipinski definition) is 1. The molecule has 0 aliphatic carbocycles. The topological polar surface area (TPSA) is 32.3 Å². The number of hydrogen-bond acceptors (Lipinski definition) is 2. The molecule has 0 spiro atoms. The summed E-state index contributed by atoms with van der Waals surface area (Å²) in [5.74, 6) is -0.192. The third-order valence-electron chi connectivity index (χ3n) is 4.22. The van der Waals surface area contributed by atoms with Gasteiger partial charge in [-0.2, -0.15) is 0 Å². The Morgan fingerprint density at radius 1 is 1.12 bits per heavy atom. The van der Waals surface area contributed by atoms with Crippen molar-refractivity contribution >= 4 is 39.1 Å². The van der Waals surface area contributed by atoms with E-state index >= 15 is 0 Å². The number of rotatable bonds is 4. The monoisotopic (exact) mass is 406 g/mol. The first-order chi connectivity index (χ1) is 11.6. The van der Waals surface area contributed by atoms with Crippen LogP contribution in [-0.4, -0.2) is 23.9 Å². The smallest absolute Gasteiger partial charge is 0.257 e. The van der Waals surface area contributed by atoms with Crippen LogP contribution in [-0.2, 0) is 6.54 Å². The number of piperidine rings is 1. The van der Waals surface area contributed by atoms with Gasteiger partial charge in [0.05, 0.1) is 10.6 Å². The zero-order chi connectivity index (χ0) is 16.9. The molecule has 2 aromatic rings. The van der Waals surface area contributed by atoms with E-state index in [-0.39, 0.29) is 5.91 Å². The largest absolute Gasteiger partial charge is 0.322 e. The van der Waals surface area contributed by atoms with E-state index in [1.54, 1.807) is 12.1 Å². The zero-order valence-electron chi connectivity index (χ0n) is 13.4. The van der Waals surface area contributed by atoms with Crippen LogP contribution < -0.4 is 5.32 Å². The van der Waals surface area contributed by atoms with Gasteiger partial charge in [0.2, 0.25) is 0 Å². The molecule has 1 aliphatic heterocycles. The van der Waals surface area contributed by atoms with E-state index in [9.17, 15) is 4.79 Å². The molecule has 0 radical (unpaired) electrons. The first-order valence-electron chi connectivity index (χ1n) is 8.19. The summed E-state index contributed by atoms with van der Waals surface area (Å²) in [6.45, 7) is 3.25. The van der Waals surface area contributed by atoms with Gasteiger partial charge in [0, 0.05) is 16.7 Å². The molecule has 126 valence electrons. The highest BCUT2D eigenvalue weighted by atomic mass is 79.9. The summed E-state index contributed by atoms with van der Waals surface area (Å²) in [5.41, 5.74) is 2.49. The molecule has 3 rings (SSSR count).